The van der Waals surface area contributed by atoms with E-state index in [4.69, 9.17) is 20.4 Å². The van der Waals surface area contributed by atoms with Crippen molar-refractivity contribution in [2.45, 2.75) is 32.2 Å². The van der Waals surface area contributed by atoms with Gasteiger partial charge >= 0.3 is 11.7 Å². The molecular weight excluding hydrogens is 422 g/mol. The summed E-state index contributed by atoms with van der Waals surface area (Å²) in [6.45, 7) is 0.211. The number of nitrogens with two attached hydrogens (primary N) is 1. The molecule has 12 heteroatoms. The number of fused-ring (bicyclic) bond motifs is 1. The Hall–Kier alpha value is -4.22. The lowest BCUT2D eigenvalue weighted by Gasteiger charge is -2.13. The van der Waals surface area contributed by atoms with Crippen molar-refractivity contribution >= 4 is 40.6 Å². The van der Waals surface area contributed by atoms with Crippen molar-refractivity contribution in [3.05, 3.63) is 45.8 Å². The predicted octanol–water partition coefficient (Wildman–Crippen LogP) is 0.0680. The Morgan fingerprint density at radius 1 is 1.12 bits per heavy atom. The molecule has 32 heavy (non-hydrogen) atoms. The zero-order valence-electron chi connectivity index (χ0n) is 16.9. The molecule has 3 rings (SSSR count). The van der Waals surface area contributed by atoms with Crippen molar-refractivity contribution in [3.63, 3.8) is 0 Å². The molecule has 2 heterocycles. The fourth-order valence-electron chi connectivity index (χ4n) is 3.03. The summed E-state index contributed by atoms with van der Waals surface area (Å²) in [4.78, 5) is 63.8. The van der Waals surface area contributed by atoms with Crippen LogP contribution in [0.15, 0.2) is 33.5 Å². The summed E-state index contributed by atoms with van der Waals surface area (Å²) in [5.41, 5.74) is 5.65. The summed E-state index contributed by atoms with van der Waals surface area (Å²) in [6, 6.07) is 6.38. The van der Waals surface area contributed by atoms with Crippen LogP contribution in [0.4, 0.5) is 4.79 Å². The lowest BCUT2D eigenvalue weighted by Crippen LogP contribution is -2.36. The third kappa shape index (κ3) is 5.68. The number of carbonyl (C=O) groups excluding carboxylic acids is 4. The molecule has 0 atom stereocenters. The molecule has 1 fully saturated rings. The maximum atomic E-state index is 12.1. The van der Waals surface area contributed by atoms with E-state index < -0.39 is 23.5 Å². The molecule has 1 saturated heterocycles. The van der Waals surface area contributed by atoms with Crippen LogP contribution in [-0.4, -0.2) is 41.3 Å². The van der Waals surface area contributed by atoms with Crippen molar-refractivity contribution in [1.82, 2.24) is 15.7 Å². The number of ketones is 1. The van der Waals surface area contributed by atoms with Gasteiger partial charge in [0.1, 0.15) is 11.4 Å². The highest BCUT2D eigenvalue weighted by Crippen LogP contribution is 2.17. The van der Waals surface area contributed by atoms with Gasteiger partial charge in [-0.1, -0.05) is 6.07 Å². The van der Waals surface area contributed by atoms with Crippen LogP contribution in [0.1, 0.15) is 30.4 Å². The minimum Gasteiger partial charge on any atom is -0.423 e. The molecule has 0 unspecified atom stereocenters. The number of rotatable bonds is 8. The van der Waals surface area contributed by atoms with Crippen LogP contribution < -0.4 is 22.0 Å². The third-order valence-electron chi connectivity index (χ3n) is 4.59. The highest BCUT2D eigenvalue weighted by Gasteiger charge is 2.32. The molecule has 12 nitrogen and oxygen atoms in total. The summed E-state index contributed by atoms with van der Waals surface area (Å²) in [7, 11) is 0. The SMILES string of the molecule is N=C(N)NCCC(=O)Cc1cc2cc(CNC(=O)ON3C(=O)CCC3=O)ccc2oc1=O. The Morgan fingerprint density at radius 2 is 1.84 bits per heavy atom. The van der Waals surface area contributed by atoms with E-state index in [0.717, 1.165) is 0 Å². The summed E-state index contributed by atoms with van der Waals surface area (Å²) < 4.78 is 5.26. The number of hydrogen-bond acceptors (Lipinski definition) is 8. The Labute approximate surface area is 181 Å². The quantitative estimate of drug-likeness (QED) is 0.190. The number of nitrogens with zero attached hydrogens (tertiary/aromatic N) is 1. The molecule has 0 bridgehead atoms. The summed E-state index contributed by atoms with van der Waals surface area (Å²) in [6.07, 6.45) is -1.01. The summed E-state index contributed by atoms with van der Waals surface area (Å²) in [5.74, 6) is -1.63. The van der Waals surface area contributed by atoms with E-state index in [-0.39, 0.29) is 56.1 Å². The molecule has 168 valence electrons. The van der Waals surface area contributed by atoms with E-state index in [1.807, 2.05) is 0 Å². The van der Waals surface area contributed by atoms with Gasteiger partial charge in [0.2, 0.25) is 0 Å². The van der Waals surface area contributed by atoms with Gasteiger partial charge in [-0.15, -0.1) is 5.06 Å². The second-order valence-electron chi connectivity index (χ2n) is 7.05. The molecule has 1 aromatic carbocycles. The van der Waals surface area contributed by atoms with Crippen LogP contribution in [-0.2, 0) is 32.2 Å². The molecule has 2 aromatic rings. The van der Waals surface area contributed by atoms with Crippen LogP contribution in [0, 0.1) is 5.41 Å². The molecule has 1 aliphatic heterocycles. The molecule has 0 aliphatic carbocycles. The Kier molecular flexibility index (Phi) is 6.83. The van der Waals surface area contributed by atoms with Crippen molar-refractivity contribution in [2.75, 3.05) is 6.54 Å². The maximum Gasteiger partial charge on any atom is 0.432 e. The topological polar surface area (TPSA) is 185 Å². The van der Waals surface area contributed by atoms with Gasteiger partial charge < -0.3 is 25.6 Å². The molecular formula is C20H21N5O7. The van der Waals surface area contributed by atoms with Crippen LogP contribution in [0.3, 0.4) is 0 Å². The third-order valence-corrected chi connectivity index (χ3v) is 4.59. The number of carbonyl (C=O) groups is 4. The molecule has 0 spiro atoms. The average Bonchev–Trinajstić information content (AvgIpc) is 3.04. The minimum absolute atomic E-state index is 0.0000662. The van der Waals surface area contributed by atoms with Gasteiger partial charge in [-0.05, 0) is 23.8 Å². The van der Waals surface area contributed by atoms with Gasteiger partial charge in [-0.25, -0.2) is 9.59 Å². The standard InChI is InChI=1S/C20H21N5O7/c21-19(22)23-6-5-14(26)9-13-8-12-7-11(1-2-15(12)31-18(13)29)10-24-20(30)32-25-16(27)3-4-17(25)28/h1-2,7-8H,3-6,9-10H2,(H,24,30)(H4,21,22,23). The number of benzene rings is 1. The number of imide groups is 1. The van der Waals surface area contributed by atoms with Crippen LogP contribution in [0.25, 0.3) is 11.0 Å². The van der Waals surface area contributed by atoms with Gasteiger partial charge in [0.05, 0.1) is 0 Å². The number of hydrogen-bond donors (Lipinski definition) is 4. The second-order valence-corrected chi connectivity index (χ2v) is 7.05. The highest BCUT2D eigenvalue weighted by atomic mass is 16.7. The molecule has 0 radical (unpaired) electrons. The van der Waals surface area contributed by atoms with Crippen molar-refractivity contribution in [2.24, 2.45) is 5.73 Å². The van der Waals surface area contributed by atoms with E-state index in [2.05, 4.69) is 10.6 Å². The molecule has 1 aromatic heterocycles. The molecule has 5 N–H and O–H groups in total. The van der Waals surface area contributed by atoms with Crippen LogP contribution in [0.2, 0.25) is 0 Å². The van der Waals surface area contributed by atoms with E-state index in [1.54, 1.807) is 24.3 Å². The van der Waals surface area contributed by atoms with E-state index in [0.29, 0.717) is 21.6 Å². The lowest BCUT2D eigenvalue weighted by molar-refractivity contribution is -0.171. The van der Waals surface area contributed by atoms with Crippen molar-refractivity contribution in [1.29, 1.82) is 5.41 Å². The first kappa shape index (κ1) is 22.5. The molecule has 1 aliphatic rings. The number of nitrogens with one attached hydrogen (secondary N) is 3. The van der Waals surface area contributed by atoms with Crippen molar-refractivity contribution < 1.29 is 28.4 Å². The number of hydroxylamine groups is 2. The lowest BCUT2D eigenvalue weighted by atomic mass is 10.1. The first-order chi connectivity index (χ1) is 15.2. The summed E-state index contributed by atoms with van der Waals surface area (Å²) in [5, 5.41) is 13.0. The zero-order chi connectivity index (χ0) is 23.3. The van der Waals surface area contributed by atoms with E-state index >= 15 is 0 Å². The number of Topliss-reactive ketones (excluding diaryl/α,β-unsaturated/α-hetero) is 1. The van der Waals surface area contributed by atoms with Gasteiger partial charge in [-0.2, -0.15) is 0 Å². The normalized spacial score (nSPS) is 13.3. The van der Waals surface area contributed by atoms with Gasteiger partial charge in [0.25, 0.3) is 11.8 Å². The fourth-order valence-corrected chi connectivity index (χ4v) is 3.03. The Balaban J connectivity index is 1.63. The average molecular weight is 443 g/mol. The zero-order valence-corrected chi connectivity index (χ0v) is 16.9. The minimum atomic E-state index is -0.959. The summed E-state index contributed by atoms with van der Waals surface area (Å²) >= 11 is 0. The Morgan fingerprint density at radius 3 is 2.53 bits per heavy atom. The fraction of sp³-hybridized carbons (Fsp3) is 0.300. The molecule has 0 saturated carbocycles. The number of amides is 3. The monoisotopic (exact) mass is 443 g/mol. The smallest absolute Gasteiger partial charge is 0.423 e. The van der Waals surface area contributed by atoms with E-state index in [1.165, 1.54) is 0 Å². The first-order valence-corrected chi connectivity index (χ1v) is 9.70. The Bertz CT molecular complexity index is 1140. The highest BCUT2D eigenvalue weighted by molar-refractivity contribution is 6.01. The number of guanidine groups is 1. The first-order valence-electron chi connectivity index (χ1n) is 9.70. The van der Waals surface area contributed by atoms with Crippen LogP contribution in [0.5, 0.6) is 0 Å². The molecule has 3 amide bonds. The van der Waals surface area contributed by atoms with Gasteiger partial charge in [0, 0.05) is 49.7 Å². The van der Waals surface area contributed by atoms with Gasteiger partial charge in [0.15, 0.2) is 5.96 Å². The second kappa shape index (κ2) is 9.73. The predicted molar refractivity (Wildman–Crippen MR) is 110 cm³/mol. The maximum absolute atomic E-state index is 12.1. The van der Waals surface area contributed by atoms with Crippen LogP contribution >= 0.6 is 0 Å². The van der Waals surface area contributed by atoms with Gasteiger partial charge in [-0.3, -0.25) is 19.8 Å². The van der Waals surface area contributed by atoms with Crippen molar-refractivity contribution in [3.8, 4) is 0 Å². The van der Waals surface area contributed by atoms with E-state index in [9.17, 15) is 24.0 Å². The largest absolute Gasteiger partial charge is 0.432 e.